The van der Waals surface area contributed by atoms with E-state index in [1.54, 1.807) is 35.3 Å². The zero-order chi connectivity index (χ0) is 12.9. The van der Waals surface area contributed by atoms with Gasteiger partial charge in [-0.1, -0.05) is 0 Å². The van der Waals surface area contributed by atoms with Crippen LogP contribution in [0.25, 0.3) is 0 Å². The molecule has 0 aliphatic heterocycles. The van der Waals surface area contributed by atoms with Crippen molar-refractivity contribution in [1.29, 1.82) is 0 Å². The molecule has 0 rings (SSSR count). The van der Waals surface area contributed by atoms with Gasteiger partial charge in [0.2, 0.25) is 0 Å². The molecule has 0 heterocycles. The highest BCUT2D eigenvalue weighted by atomic mass is 32.2. The molecule has 3 nitrogen and oxygen atoms in total. The lowest BCUT2D eigenvalue weighted by Gasteiger charge is -2.14. The normalized spacial score (nSPS) is 14.8. The zero-order valence-electron chi connectivity index (χ0n) is 9.83. The quantitative estimate of drug-likeness (QED) is 0.316. The summed E-state index contributed by atoms with van der Waals surface area (Å²) < 4.78 is 0. The van der Waals surface area contributed by atoms with E-state index in [9.17, 15) is 5.11 Å². The summed E-state index contributed by atoms with van der Waals surface area (Å²) in [5.74, 6) is 4.67. The van der Waals surface area contributed by atoms with Crippen LogP contribution in [0.5, 0.6) is 0 Å². The second kappa shape index (κ2) is 13.7. The van der Waals surface area contributed by atoms with Crippen molar-refractivity contribution in [1.82, 2.24) is 0 Å². The minimum atomic E-state index is -0.328. The van der Waals surface area contributed by atoms with Crippen LogP contribution >= 0.6 is 47.9 Å². The Balaban J connectivity index is 3.45. The molecule has 0 aromatic carbocycles. The van der Waals surface area contributed by atoms with E-state index in [2.05, 4.69) is 12.6 Å². The molecule has 2 atom stereocenters. The summed E-state index contributed by atoms with van der Waals surface area (Å²) in [5.41, 5.74) is 0. The van der Waals surface area contributed by atoms with Crippen LogP contribution in [-0.2, 0) is 0 Å². The largest absolute Gasteiger partial charge is 0.396 e. The highest BCUT2D eigenvalue weighted by Crippen LogP contribution is 2.17. The number of thioether (sulfide) groups is 3. The highest BCUT2D eigenvalue weighted by Gasteiger charge is 2.10. The van der Waals surface area contributed by atoms with Crippen LogP contribution in [-0.4, -0.2) is 74.4 Å². The van der Waals surface area contributed by atoms with Gasteiger partial charge < -0.3 is 15.3 Å². The van der Waals surface area contributed by atoms with Gasteiger partial charge in [0.15, 0.2) is 0 Å². The lowest BCUT2D eigenvalue weighted by Crippen LogP contribution is -2.18. The van der Waals surface area contributed by atoms with E-state index in [0.29, 0.717) is 17.3 Å². The molecule has 0 saturated heterocycles. The average molecular weight is 319 g/mol. The second-order valence-electron chi connectivity index (χ2n) is 3.39. The molecule has 0 aliphatic carbocycles. The van der Waals surface area contributed by atoms with Crippen LogP contribution in [0.1, 0.15) is 0 Å². The summed E-state index contributed by atoms with van der Waals surface area (Å²) in [7, 11) is 0. The third-order valence-electron chi connectivity index (χ3n) is 1.81. The van der Waals surface area contributed by atoms with E-state index in [4.69, 9.17) is 10.2 Å². The molecule has 0 fully saturated rings. The van der Waals surface area contributed by atoms with Crippen molar-refractivity contribution in [2.45, 2.75) is 11.4 Å². The first-order valence-corrected chi connectivity index (χ1v) is 9.51. The van der Waals surface area contributed by atoms with E-state index in [0.717, 1.165) is 17.3 Å². The third kappa shape index (κ3) is 12.1. The van der Waals surface area contributed by atoms with Gasteiger partial charge in [0.05, 0.1) is 19.3 Å². The van der Waals surface area contributed by atoms with Gasteiger partial charge in [-0.3, -0.25) is 0 Å². The molecular weight excluding hydrogens is 296 g/mol. The summed E-state index contributed by atoms with van der Waals surface area (Å²) in [5, 5.41) is 27.6. The maximum atomic E-state index is 9.63. The van der Waals surface area contributed by atoms with Crippen LogP contribution < -0.4 is 0 Å². The smallest absolute Gasteiger partial charge is 0.0720 e. The first-order chi connectivity index (χ1) is 8.24. The monoisotopic (exact) mass is 318 g/mol. The molecule has 0 aromatic rings. The van der Waals surface area contributed by atoms with E-state index < -0.39 is 0 Å². The zero-order valence-corrected chi connectivity index (χ0v) is 13.2. The van der Waals surface area contributed by atoms with Gasteiger partial charge in [-0.2, -0.15) is 47.9 Å². The van der Waals surface area contributed by atoms with Crippen molar-refractivity contribution in [3.8, 4) is 0 Å². The van der Waals surface area contributed by atoms with Gasteiger partial charge in [-0.05, 0) is 5.75 Å². The minimum absolute atomic E-state index is 0.164. The minimum Gasteiger partial charge on any atom is -0.396 e. The Kier molecular flexibility index (Phi) is 14.7. The first kappa shape index (κ1) is 18.3. The van der Waals surface area contributed by atoms with Crippen molar-refractivity contribution in [3.05, 3.63) is 0 Å². The van der Waals surface area contributed by atoms with Crippen LogP contribution in [0, 0.1) is 0 Å². The van der Waals surface area contributed by atoms with Crippen molar-refractivity contribution < 1.29 is 15.3 Å². The van der Waals surface area contributed by atoms with E-state index >= 15 is 0 Å². The van der Waals surface area contributed by atoms with E-state index in [1.807, 2.05) is 0 Å². The van der Waals surface area contributed by atoms with Crippen molar-refractivity contribution in [2.75, 3.05) is 47.7 Å². The molecule has 2 unspecified atom stereocenters. The fraction of sp³-hybridized carbons (Fsp3) is 1.00. The van der Waals surface area contributed by atoms with Crippen LogP contribution in [0.4, 0.5) is 0 Å². The third-order valence-corrected chi connectivity index (χ3v) is 6.12. The molecule has 0 spiro atoms. The number of hydrogen-bond acceptors (Lipinski definition) is 7. The maximum absolute atomic E-state index is 9.63. The molecule has 17 heavy (non-hydrogen) atoms. The summed E-state index contributed by atoms with van der Waals surface area (Å²) in [6.45, 7) is 0.346. The summed E-state index contributed by atoms with van der Waals surface area (Å²) in [6, 6.07) is 0. The van der Waals surface area contributed by atoms with Gasteiger partial charge in [0.1, 0.15) is 0 Å². The Labute approximate surface area is 122 Å². The van der Waals surface area contributed by atoms with Crippen LogP contribution in [0.15, 0.2) is 0 Å². The van der Waals surface area contributed by atoms with E-state index in [1.165, 1.54) is 0 Å². The molecule has 104 valence electrons. The average Bonchev–Trinajstić information content (AvgIpc) is 2.34. The van der Waals surface area contributed by atoms with Crippen molar-refractivity contribution in [3.63, 3.8) is 0 Å². The molecule has 0 aliphatic rings. The SMILES string of the molecule is OCCSCC(O)CSCC(CO)SCCS. The van der Waals surface area contributed by atoms with Crippen molar-refractivity contribution in [2.24, 2.45) is 0 Å². The standard InChI is InChI=1S/C10H22O3S4/c11-1-3-15-6-9(13)7-16-8-10(5-12)17-4-2-14/h9-14H,1-8H2. The Morgan fingerprint density at radius 3 is 2.29 bits per heavy atom. The first-order valence-electron chi connectivity index (χ1n) is 5.52. The summed E-state index contributed by atoms with van der Waals surface area (Å²) >= 11 is 9.09. The highest BCUT2D eigenvalue weighted by molar-refractivity contribution is 8.03. The molecule has 3 N–H and O–H groups in total. The summed E-state index contributed by atoms with van der Waals surface area (Å²) in [4.78, 5) is 0. The maximum Gasteiger partial charge on any atom is 0.0720 e. The topological polar surface area (TPSA) is 60.7 Å². The number of rotatable bonds is 12. The Bertz CT molecular complexity index is 162. The van der Waals surface area contributed by atoms with Crippen LogP contribution in [0.2, 0.25) is 0 Å². The van der Waals surface area contributed by atoms with Crippen molar-refractivity contribution >= 4 is 47.9 Å². The molecule has 0 aromatic heterocycles. The van der Waals surface area contributed by atoms with Gasteiger partial charge in [-0.25, -0.2) is 0 Å². The van der Waals surface area contributed by atoms with E-state index in [-0.39, 0.29) is 24.6 Å². The predicted molar refractivity (Wildman–Crippen MR) is 84.9 cm³/mol. The van der Waals surface area contributed by atoms with Gasteiger partial charge in [0, 0.05) is 34.0 Å². The number of aliphatic hydroxyl groups is 3. The second-order valence-corrected chi connectivity index (χ2v) is 7.47. The van der Waals surface area contributed by atoms with Gasteiger partial charge in [-0.15, -0.1) is 0 Å². The lowest BCUT2D eigenvalue weighted by atomic mass is 10.5. The fourth-order valence-electron chi connectivity index (χ4n) is 1.04. The summed E-state index contributed by atoms with van der Waals surface area (Å²) in [6.07, 6.45) is -0.328. The predicted octanol–water partition coefficient (Wildman–Crippen LogP) is 0.830. The number of thiol groups is 1. The van der Waals surface area contributed by atoms with Gasteiger partial charge in [0.25, 0.3) is 0 Å². The molecule has 0 amide bonds. The van der Waals surface area contributed by atoms with Gasteiger partial charge >= 0.3 is 0 Å². The van der Waals surface area contributed by atoms with Crippen LogP contribution in [0.3, 0.4) is 0 Å². The molecule has 7 heteroatoms. The Morgan fingerprint density at radius 1 is 1.00 bits per heavy atom. The molecule has 0 bridgehead atoms. The molecular formula is C10H22O3S4. The number of aliphatic hydroxyl groups excluding tert-OH is 3. The number of hydrogen-bond donors (Lipinski definition) is 4. The fourth-order valence-corrected chi connectivity index (χ4v) is 4.30. The molecule has 0 saturated carbocycles. The molecule has 0 radical (unpaired) electrons. The Hall–Kier alpha value is 1.28. The Morgan fingerprint density at radius 2 is 1.71 bits per heavy atom. The lowest BCUT2D eigenvalue weighted by molar-refractivity contribution is 0.225.